The van der Waals surface area contributed by atoms with E-state index in [0.717, 1.165) is 36.5 Å². The van der Waals surface area contributed by atoms with Crippen molar-refractivity contribution in [2.45, 2.75) is 50.7 Å². The van der Waals surface area contributed by atoms with Gasteiger partial charge in [-0.3, -0.25) is 10.3 Å². The molecule has 28 heavy (non-hydrogen) atoms. The molecule has 3 aromatic heterocycles. The normalized spacial score (nSPS) is 23.9. The molecule has 2 aliphatic heterocycles. The van der Waals surface area contributed by atoms with E-state index in [4.69, 9.17) is 10.2 Å². The fourth-order valence-corrected chi connectivity index (χ4v) is 4.45. The van der Waals surface area contributed by atoms with Crippen molar-refractivity contribution in [3.8, 4) is 11.5 Å². The monoisotopic (exact) mass is 378 g/mol. The Morgan fingerprint density at radius 3 is 2.57 bits per heavy atom. The molecule has 0 saturated carbocycles. The van der Waals surface area contributed by atoms with Crippen LogP contribution in [0.4, 0.5) is 10.6 Å². The smallest absolute Gasteiger partial charge is 0.323 e. The summed E-state index contributed by atoms with van der Waals surface area (Å²) in [4.78, 5) is 27.7. The number of nitrogens with one attached hydrogen (secondary N) is 1. The molecule has 2 aliphatic rings. The van der Waals surface area contributed by atoms with Gasteiger partial charge in [-0.25, -0.2) is 14.8 Å². The van der Waals surface area contributed by atoms with Crippen LogP contribution in [0.15, 0.2) is 35.1 Å². The molecular weight excluding hydrogens is 356 g/mol. The van der Waals surface area contributed by atoms with E-state index in [1.54, 1.807) is 25.5 Å². The van der Waals surface area contributed by atoms with Crippen LogP contribution in [0.5, 0.6) is 0 Å². The van der Waals surface area contributed by atoms with E-state index in [0.29, 0.717) is 23.2 Å². The second-order valence-electron chi connectivity index (χ2n) is 7.68. The SMILES string of the molecule is Cc1ncc(-c2cc3cc(NC(=O)N4[C@@H]5CC[C@H]4C[C@@H](N)C5)ncc3cn2)o1. The van der Waals surface area contributed by atoms with Crippen molar-refractivity contribution in [3.05, 3.63) is 36.6 Å². The number of oxazole rings is 1. The van der Waals surface area contributed by atoms with Gasteiger partial charge in [-0.2, -0.15) is 0 Å². The van der Waals surface area contributed by atoms with Gasteiger partial charge in [-0.1, -0.05) is 0 Å². The maximum Gasteiger partial charge on any atom is 0.323 e. The topological polar surface area (TPSA) is 110 Å². The Kier molecular flexibility index (Phi) is 4.01. The predicted molar refractivity (Wildman–Crippen MR) is 105 cm³/mol. The van der Waals surface area contributed by atoms with Gasteiger partial charge in [-0.05, 0) is 43.2 Å². The first kappa shape index (κ1) is 17.1. The first-order chi connectivity index (χ1) is 13.6. The van der Waals surface area contributed by atoms with E-state index in [1.807, 2.05) is 17.0 Å². The van der Waals surface area contributed by atoms with Gasteiger partial charge >= 0.3 is 6.03 Å². The second-order valence-corrected chi connectivity index (χ2v) is 7.68. The highest BCUT2D eigenvalue weighted by molar-refractivity contribution is 5.92. The Balaban J connectivity index is 1.39. The zero-order valence-corrected chi connectivity index (χ0v) is 15.6. The van der Waals surface area contributed by atoms with Crippen LogP contribution in [0.25, 0.3) is 22.2 Å². The van der Waals surface area contributed by atoms with Crippen LogP contribution in [-0.2, 0) is 0 Å². The zero-order valence-electron chi connectivity index (χ0n) is 15.6. The molecule has 3 atom stereocenters. The van der Waals surface area contributed by atoms with E-state index in [2.05, 4.69) is 20.3 Å². The lowest BCUT2D eigenvalue weighted by atomic mass is 9.99. The molecule has 5 rings (SSSR count). The first-order valence-corrected chi connectivity index (χ1v) is 9.60. The molecule has 8 nitrogen and oxygen atoms in total. The summed E-state index contributed by atoms with van der Waals surface area (Å²) < 4.78 is 5.56. The van der Waals surface area contributed by atoms with Gasteiger partial charge in [0, 0.05) is 42.8 Å². The van der Waals surface area contributed by atoms with E-state index in [-0.39, 0.29) is 24.2 Å². The van der Waals surface area contributed by atoms with Crippen molar-refractivity contribution in [2.75, 3.05) is 5.32 Å². The van der Waals surface area contributed by atoms with Crippen molar-refractivity contribution in [2.24, 2.45) is 5.73 Å². The summed E-state index contributed by atoms with van der Waals surface area (Å²) in [6.45, 7) is 1.79. The van der Waals surface area contributed by atoms with Crippen molar-refractivity contribution in [1.82, 2.24) is 19.9 Å². The lowest BCUT2D eigenvalue weighted by Crippen LogP contribution is -2.51. The number of hydrogen-bond donors (Lipinski definition) is 2. The van der Waals surface area contributed by atoms with E-state index >= 15 is 0 Å². The van der Waals surface area contributed by atoms with Gasteiger partial charge in [0.1, 0.15) is 11.5 Å². The van der Waals surface area contributed by atoms with E-state index in [9.17, 15) is 4.79 Å². The van der Waals surface area contributed by atoms with Crippen LogP contribution in [-0.4, -0.2) is 44.0 Å². The number of carbonyl (C=O) groups is 1. The Bertz CT molecular complexity index is 1030. The van der Waals surface area contributed by atoms with Crippen LogP contribution in [0.3, 0.4) is 0 Å². The Morgan fingerprint density at radius 2 is 1.86 bits per heavy atom. The van der Waals surface area contributed by atoms with Crippen LogP contribution < -0.4 is 11.1 Å². The van der Waals surface area contributed by atoms with Crippen molar-refractivity contribution < 1.29 is 9.21 Å². The molecule has 0 spiro atoms. The average molecular weight is 378 g/mol. The molecule has 0 aliphatic carbocycles. The van der Waals surface area contributed by atoms with Gasteiger partial charge in [0.05, 0.1) is 6.20 Å². The fourth-order valence-electron chi connectivity index (χ4n) is 4.45. The number of hydrogen-bond acceptors (Lipinski definition) is 6. The molecule has 3 N–H and O–H groups in total. The number of aromatic nitrogens is 3. The maximum atomic E-state index is 12.9. The largest absolute Gasteiger partial charge is 0.439 e. The minimum Gasteiger partial charge on any atom is -0.439 e. The minimum atomic E-state index is -0.0913. The number of urea groups is 1. The summed E-state index contributed by atoms with van der Waals surface area (Å²) >= 11 is 0. The lowest BCUT2D eigenvalue weighted by molar-refractivity contribution is 0.150. The molecule has 8 heteroatoms. The van der Waals surface area contributed by atoms with Crippen LogP contribution in [0.2, 0.25) is 0 Å². The summed E-state index contributed by atoms with van der Waals surface area (Å²) in [5, 5.41) is 4.78. The number of rotatable bonds is 2. The summed E-state index contributed by atoms with van der Waals surface area (Å²) in [5.74, 6) is 1.73. The standard InChI is InChI=1S/C20H22N6O2/c1-11-22-10-18(28-11)17-4-12-5-19(24-9-13(12)8-23-17)25-20(27)26-15-2-3-16(26)7-14(21)6-15/h4-5,8-10,14-16H,2-3,6-7,21H2,1H3,(H,24,25,27)/t14-,15+,16-. The summed E-state index contributed by atoms with van der Waals surface area (Å²) in [7, 11) is 0. The van der Waals surface area contributed by atoms with Crippen molar-refractivity contribution in [3.63, 3.8) is 0 Å². The third-order valence-corrected chi connectivity index (χ3v) is 5.72. The molecule has 2 saturated heterocycles. The number of amides is 2. The predicted octanol–water partition coefficient (Wildman–Crippen LogP) is 3.08. The van der Waals surface area contributed by atoms with Crippen molar-refractivity contribution in [1.29, 1.82) is 0 Å². The van der Waals surface area contributed by atoms with Gasteiger partial charge in [0.25, 0.3) is 0 Å². The summed E-state index contributed by atoms with van der Waals surface area (Å²) in [6, 6.07) is 4.35. The van der Waals surface area contributed by atoms with Gasteiger partial charge < -0.3 is 15.1 Å². The molecule has 2 fully saturated rings. The molecule has 144 valence electrons. The second kappa shape index (κ2) is 6.56. The number of fused-ring (bicyclic) bond motifs is 3. The highest BCUT2D eigenvalue weighted by atomic mass is 16.4. The van der Waals surface area contributed by atoms with Gasteiger partial charge in [0.2, 0.25) is 0 Å². The number of anilines is 1. The average Bonchev–Trinajstić information content (AvgIpc) is 3.22. The third-order valence-electron chi connectivity index (χ3n) is 5.72. The molecule has 3 aromatic rings. The van der Waals surface area contributed by atoms with E-state index < -0.39 is 0 Å². The van der Waals surface area contributed by atoms with Crippen LogP contribution in [0, 0.1) is 6.92 Å². The molecule has 0 aromatic carbocycles. The highest BCUT2D eigenvalue weighted by Gasteiger charge is 2.42. The Morgan fingerprint density at radius 1 is 1.11 bits per heavy atom. The van der Waals surface area contributed by atoms with Crippen molar-refractivity contribution >= 4 is 22.6 Å². The van der Waals surface area contributed by atoms with Gasteiger partial charge in [0.15, 0.2) is 11.7 Å². The third kappa shape index (κ3) is 2.99. The molecule has 5 heterocycles. The highest BCUT2D eigenvalue weighted by Crippen LogP contribution is 2.35. The summed E-state index contributed by atoms with van der Waals surface area (Å²) in [6.07, 6.45) is 8.93. The quantitative estimate of drug-likeness (QED) is 0.709. The maximum absolute atomic E-state index is 12.9. The first-order valence-electron chi connectivity index (χ1n) is 9.60. The lowest BCUT2D eigenvalue weighted by Gasteiger charge is -2.37. The number of pyridine rings is 2. The molecule has 2 amide bonds. The number of nitrogens with zero attached hydrogens (tertiary/aromatic N) is 4. The number of piperidine rings is 1. The van der Waals surface area contributed by atoms with Gasteiger partial charge in [-0.15, -0.1) is 0 Å². The number of nitrogens with two attached hydrogens (primary N) is 1. The Labute approximate surface area is 162 Å². The fraction of sp³-hybridized carbons (Fsp3) is 0.400. The Hall–Kier alpha value is -3.00. The van der Waals surface area contributed by atoms with E-state index in [1.165, 1.54) is 0 Å². The summed E-state index contributed by atoms with van der Waals surface area (Å²) in [5.41, 5.74) is 6.80. The number of carbonyl (C=O) groups excluding carboxylic acids is 1. The molecule has 2 bridgehead atoms. The molecule has 0 unspecified atom stereocenters. The minimum absolute atomic E-state index is 0.0913. The number of aryl methyl sites for hydroxylation is 1. The van der Waals surface area contributed by atoms with Crippen LogP contribution >= 0.6 is 0 Å². The zero-order chi connectivity index (χ0) is 19.3. The van der Waals surface area contributed by atoms with Crippen LogP contribution in [0.1, 0.15) is 31.6 Å². The molecule has 0 radical (unpaired) electrons. The molecular formula is C20H22N6O2.